The second kappa shape index (κ2) is 10.6. The first-order chi connectivity index (χ1) is 10.1. The molecule has 2 N–H and O–H groups in total. The molecule has 1 aromatic carbocycles. The van der Waals surface area contributed by atoms with Crippen LogP contribution in [0.4, 0.5) is 0 Å². The molecule has 118 valence electrons. The van der Waals surface area contributed by atoms with Crippen LogP contribution in [0.15, 0.2) is 18.2 Å². The Morgan fingerprint density at radius 1 is 0.952 bits per heavy atom. The summed E-state index contributed by atoms with van der Waals surface area (Å²) in [6, 6.07) is 5.03. The van der Waals surface area contributed by atoms with Gasteiger partial charge in [-0.2, -0.15) is 0 Å². The zero-order valence-corrected chi connectivity index (χ0v) is 12.6. The van der Waals surface area contributed by atoms with Crippen molar-refractivity contribution >= 4 is 12.6 Å². The lowest BCUT2D eigenvalue weighted by atomic mass is 9.79. The average molecular weight is 298 g/mol. The normalized spacial score (nSPS) is 10.7. The first kappa shape index (κ1) is 17.9. The van der Waals surface area contributed by atoms with Gasteiger partial charge in [-0.15, -0.1) is 0 Å². The molecule has 0 saturated heterocycles. The van der Waals surface area contributed by atoms with Gasteiger partial charge in [0, 0.05) is 7.11 Å². The third-order valence-electron chi connectivity index (χ3n) is 2.79. The molecule has 0 bridgehead atoms. The van der Waals surface area contributed by atoms with Crippen LogP contribution < -0.4 is 10.2 Å². The Bertz CT molecular complexity index is 399. The summed E-state index contributed by atoms with van der Waals surface area (Å²) < 4.78 is 21.0. The van der Waals surface area contributed by atoms with Gasteiger partial charge in [0.25, 0.3) is 0 Å². The number of hydrogen-bond acceptors (Lipinski definition) is 6. The summed E-state index contributed by atoms with van der Waals surface area (Å²) in [7, 11) is 0.173. The summed E-state index contributed by atoms with van der Waals surface area (Å²) in [5.41, 5.74) is 1.30. The predicted octanol–water partition coefficient (Wildman–Crippen LogP) is -0.267. The molecule has 0 heterocycles. The van der Waals surface area contributed by atoms with E-state index in [4.69, 9.17) is 29.0 Å². The highest BCUT2D eigenvalue weighted by molar-refractivity contribution is 6.58. The number of benzene rings is 1. The van der Waals surface area contributed by atoms with Crippen LogP contribution in [0, 0.1) is 6.92 Å². The summed E-state index contributed by atoms with van der Waals surface area (Å²) in [4.78, 5) is 0. The fourth-order valence-corrected chi connectivity index (χ4v) is 1.67. The maximum absolute atomic E-state index is 9.06. The van der Waals surface area contributed by atoms with Gasteiger partial charge in [0.2, 0.25) is 0 Å². The highest BCUT2D eigenvalue weighted by Gasteiger charge is 2.12. The molecule has 0 aliphatic heterocycles. The third-order valence-corrected chi connectivity index (χ3v) is 2.79. The number of ether oxygens (including phenoxy) is 4. The lowest BCUT2D eigenvalue weighted by Crippen LogP contribution is -2.29. The van der Waals surface area contributed by atoms with E-state index in [2.05, 4.69) is 0 Å². The van der Waals surface area contributed by atoms with Crippen molar-refractivity contribution < 1.29 is 29.0 Å². The summed E-state index contributed by atoms with van der Waals surface area (Å²) in [5.74, 6) is 0.708. The zero-order valence-electron chi connectivity index (χ0n) is 12.6. The van der Waals surface area contributed by atoms with Crippen molar-refractivity contribution in [3.63, 3.8) is 0 Å². The predicted molar refractivity (Wildman–Crippen MR) is 80.0 cm³/mol. The largest absolute Gasteiger partial charge is 0.491 e. The molecule has 6 nitrogen and oxygen atoms in total. The number of hydrogen-bond donors (Lipinski definition) is 2. The summed E-state index contributed by atoms with van der Waals surface area (Å²) in [6.07, 6.45) is 0. The fraction of sp³-hybridized carbons (Fsp3) is 0.571. The summed E-state index contributed by atoms with van der Waals surface area (Å²) in [5, 5.41) is 18.1. The fourth-order valence-electron chi connectivity index (χ4n) is 1.67. The van der Waals surface area contributed by atoms with Gasteiger partial charge in [0.05, 0.1) is 33.0 Å². The van der Waals surface area contributed by atoms with Crippen molar-refractivity contribution in [2.75, 3.05) is 46.8 Å². The van der Waals surface area contributed by atoms with Crippen LogP contribution in [0.5, 0.6) is 5.75 Å². The Morgan fingerprint density at radius 2 is 1.57 bits per heavy atom. The summed E-state index contributed by atoms with van der Waals surface area (Å²) >= 11 is 0. The standard InChI is InChI=1S/C14H23BO6/c1-12-11-13(15(16)17)3-4-14(12)21-10-9-20-8-7-19-6-5-18-2/h3-4,11,16-17H,5-10H2,1-2H3. The Morgan fingerprint density at radius 3 is 2.14 bits per heavy atom. The molecule has 0 saturated carbocycles. The van der Waals surface area contributed by atoms with Crippen molar-refractivity contribution in [1.82, 2.24) is 0 Å². The molecule has 0 unspecified atom stereocenters. The van der Waals surface area contributed by atoms with E-state index in [0.29, 0.717) is 50.9 Å². The van der Waals surface area contributed by atoms with E-state index >= 15 is 0 Å². The second-order valence-electron chi connectivity index (χ2n) is 4.46. The molecule has 0 aromatic heterocycles. The SMILES string of the molecule is COCCOCCOCCOc1ccc(B(O)O)cc1C. The molecule has 0 aliphatic carbocycles. The number of rotatable bonds is 11. The molecule has 7 heteroatoms. The van der Waals surface area contributed by atoms with Crippen LogP contribution >= 0.6 is 0 Å². The van der Waals surface area contributed by atoms with Crippen LogP contribution in [0.25, 0.3) is 0 Å². The van der Waals surface area contributed by atoms with Crippen LogP contribution in [0.1, 0.15) is 5.56 Å². The van der Waals surface area contributed by atoms with E-state index < -0.39 is 7.12 Å². The van der Waals surface area contributed by atoms with Gasteiger partial charge in [-0.3, -0.25) is 0 Å². The number of aryl methyl sites for hydroxylation is 1. The minimum Gasteiger partial charge on any atom is -0.491 e. The van der Waals surface area contributed by atoms with E-state index in [1.165, 1.54) is 0 Å². The lowest BCUT2D eigenvalue weighted by molar-refractivity contribution is 0.0179. The van der Waals surface area contributed by atoms with Crippen molar-refractivity contribution in [2.24, 2.45) is 0 Å². The van der Waals surface area contributed by atoms with Gasteiger partial charge in [-0.05, 0) is 24.0 Å². The Balaban J connectivity index is 2.13. The molecule has 0 atom stereocenters. The van der Waals surface area contributed by atoms with Gasteiger partial charge in [-0.1, -0.05) is 12.1 Å². The van der Waals surface area contributed by atoms with E-state index in [1.54, 1.807) is 25.3 Å². The third kappa shape index (κ3) is 7.45. The topological polar surface area (TPSA) is 77.4 Å². The zero-order chi connectivity index (χ0) is 15.5. The van der Waals surface area contributed by atoms with Crippen LogP contribution in [-0.4, -0.2) is 63.9 Å². The van der Waals surface area contributed by atoms with Crippen molar-refractivity contribution in [2.45, 2.75) is 6.92 Å². The van der Waals surface area contributed by atoms with Crippen molar-refractivity contribution in [3.05, 3.63) is 23.8 Å². The van der Waals surface area contributed by atoms with Gasteiger partial charge >= 0.3 is 7.12 Å². The van der Waals surface area contributed by atoms with Gasteiger partial charge in [0.15, 0.2) is 0 Å². The Kier molecular flexibility index (Phi) is 9.04. The first-order valence-corrected chi connectivity index (χ1v) is 6.89. The van der Waals surface area contributed by atoms with Crippen molar-refractivity contribution in [3.8, 4) is 5.75 Å². The molecule has 0 spiro atoms. The molecular formula is C14H23BO6. The minimum absolute atomic E-state index is 0.430. The highest BCUT2D eigenvalue weighted by atomic mass is 16.6. The molecule has 0 aliphatic rings. The van der Waals surface area contributed by atoms with Crippen LogP contribution in [-0.2, 0) is 14.2 Å². The maximum atomic E-state index is 9.06. The molecule has 1 rings (SSSR count). The minimum atomic E-state index is -1.46. The van der Waals surface area contributed by atoms with Crippen LogP contribution in [0.2, 0.25) is 0 Å². The monoisotopic (exact) mass is 298 g/mol. The van der Waals surface area contributed by atoms with E-state index in [9.17, 15) is 0 Å². The van der Waals surface area contributed by atoms with E-state index in [0.717, 1.165) is 5.56 Å². The summed E-state index contributed by atoms with van der Waals surface area (Å²) in [6.45, 7) is 4.95. The molecule has 0 fully saturated rings. The van der Waals surface area contributed by atoms with Crippen LogP contribution in [0.3, 0.4) is 0 Å². The second-order valence-corrected chi connectivity index (χ2v) is 4.46. The Labute approximate surface area is 125 Å². The first-order valence-electron chi connectivity index (χ1n) is 6.89. The van der Waals surface area contributed by atoms with Gasteiger partial charge < -0.3 is 29.0 Å². The van der Waals surface area contributed by atoms with Crippen molar-refractivity contribution in [1.29, 1.82) is 0 Å². The smallest absolute Gasteiger partial charge is 0.488 e. The Hall–Kier alpha value is -1.12. The molecular weight excluding hydrogens is 275 g/mol. The average Bonchev–Trinajstić information content (AvgIpc) is 2.46. The van der Waals surface area contributed by atoms with E-state index in [1.807, 2.05) is 6.92 Å². The molecule has 21 heavy (non-hydrogen) atoms. The maximum Gasteiger partial charge on any atom is 0.488 e. The van der Waals surface area contributed by atoms with E-state index in [-0.39, 0.29) is 0 Å². The molecule has 0 amide bonds. The van der Waals surface area contributed by atoms with Gasteiger partial charge in [0.1, 0.15) is 12.4 Å². The number of methoxy groups -OCH3 is 1. The highest BCUT2D eigenvalue weighted by Crippen LogP contribution is 2.15. The molecule has 1 aromatic rings. The quantitative estimate of drug-likeness (QED) is 0.433. The molecule has 0 radical (unpaired) electrons. The van der Waals surface area contributed by atoms with Gasteiger partial charge in [-0.25, -0.2) is 0 Å². The lowest BCUT2D eigenvalue weighted by Gasteiger charge is -2.11.